The van der Waals surface area contributed by atoms with E-state index in [1.165, 1.54) is 24.4 Å². The molecule has 0 bridgehead atoms. The van der Waals surface area contributed by atoms with E-state index in [4.69, 9.17) is 12.3 Å². The second-order valence-corrected chi connectivity index (χ2v) is 4.61. The summed E-state index contributed by atoms with van der Waals surface area (Å²) >= 11 is 0. The highest BCUT2D eigenvalue weighted by atomic mass is 19.1. The van der Waals surface area contributed by atoms with E-state index in [-0.39, 0.29) is 22.6 Å². The van der Waals surface area contributed by atoms with Crippen molar-refractivity contribution in [1.29, 1.82) is 0 Å². The molecule has 0 saturated carbocycles. The first-order chi connectivity index (χ1) is 10.6. The van der Waals surface area contributed by atoms with Crippen molar-refractivity contribution in [2.75, 3.05) is 5.73 Å². The standard InChI is InChI=1S/C16H9FN4O/c1-19-15-8-20-13-5-2-9(6-14(13)21-15)16(22)11-4-3-10(18)7-12(11)17/h2-8H,18H2. The van der Waals surface area contributed by atoms with Crippen molar-refractivity contribution in [1.82, 2.24) is 9.97 Å². The van der Waals surface area contributed by atoms with E-state index in [1.807, 2.05) is 0 Å². The van der Waals surface area contributed by atoms with Gasteiger partial charge in [0.15, 0.2) is 11.3 Å². The molecule has 0 aliphatic heterocycles. The van der Waals surface area contributed by atoms with Crippen LogP contribution in [-0.2, 0) is 0 Å². The minimum atomic E-state index is -0.675. The normalized spacial score (nSPS) is 10.4. The third-order valence-electron chi connectivity index (χ3n) is 3.14. The average molecular weight is 292 g/mol. The molecular weight excluding hydrogens is 283 g/mol. The number of carbonyl (C=O) groups is 1. The molecule has 0 saturated heterocycles. The number of halogens is 1. The second kappa shape index (κ2) is 5.22. The van der Waals surface area contributed by atoms with E-state index in [9.17, 15) is 9.18 Å². The fourth-order valence-corrected chi connectivity index (χ4v) is 2.07. The Bertz CT molecular complexity index is 947. The number of aromatic nitrogens is 2. The van der Waals surface area contributed by atoms with E-state index in [2.05, 4.69) is 14.8 Å². The van der Waals surface area contributed by atoms with E-state index >= 15 is 0 Å². The van der Waals surface area contributed by atoms with Crippen LogP contribution in [0.25, 0.3) is 15.9 Å². The first kappa shape index (κ1) is 13.6. The fourth-order valence-electron chi connectivity index (χ4n) is 2.07. The number of hydrogen-bond donors (Lipinski definition) is 1. The molecule has 3 aromatic rings. The lowest BCUT2D eigenvalue weighted by molar-refractivity contribution is 0.103. The van der Waals surface area contributed by atoms with Gasteiger partial charge in [-0.3, -0.25) is 9.78 Å². The van der Waals surface area contributed by atoms with Gasteiger partial charge in [-0.1, -0.05) is 6.57 Å². The number of hydrogen-bond acceptors (Lipinski definition) is 4. The quantitative estimate of drug-likeness (QED) is 0.447. The largest absolute Gasteiger partial charge is 0.399 e. The van der Waals surface area contributed by atoms with E-state index in [1.54, 1.807) is 12.1 Å². The van der Waals surface area contributed by atoms with Gasteiger partial charge in [-0.25, -0.2) is 4.39 Å². The number of nitrogen functional groups attached to an aromatic ring is 1. The SMILES string of the molecule is [C-]#[N+]c1cnc2ccc(C(=O)c3ccc(N)cc3F)cc2n1. The van der Waals surface area contributed by atoms with Gasteiger partial charge in [0.2, 0.25) is 0 Å². The first-order valence-corrected chi connectivity index (χ1v) is 6.32. The van der Waals surface area contributed by atoms with E-state index < -0.39 is 11.6 Å². The zero-order valence-corrected chi connectivity index (χ0v) is 11.2. The van der Waals surface area contributed by atoms with Crippen LogP contribution < -0.4 is 5.73 Å². The van der Waals surface area contributed by atoms with Crippen molar-refractivity contribution in [2.45, 2.75) is 0 Å². The number of ketones is 1. The van der Waals surface area contributed by atoms with E-state index in [0.717, 1.165) is 6.07 Å². The third kappa shape index (κ3) is 2.36. The molecule has 2 N–H and O–H groups in total. The van der Waals surface area contributed by atoms with Crippen molar-refractivity contribution in [3.63, 3.8) is 0 Å². The zero-order chi connectivity index (χ0) is 15.7. The monoisotopic (exact) mass is 292 g/mol. The lowest BCUT2D eigenvalue weighted by Crippen LogP contribution is -2.05. The van der Waals surface area contributed by atoms with Gasteiger partial charge < -0.3 is 10.6 Å². The Morgan fingerprint density at radius 1 is 1.18 bits per heavy atom. The molecule has 3 rings (SSSR count). The summed E-state index contributed by atoms with van der Waals surface area (Å²) in [5.41, 5.74) is 6.90. The Hall–Kier alpha value is -3.33. The summed E-state index contributed by atoms with van der Waals surface area (Å²) in [4.78, 5) is 23.7. The van der Waals surface area contributed by atoms with Crippen molar-refractivity contribution < 1.29 is 9.18 Å². The van der Waals surface area contributed by atoms with Gasteiger partial charge in [0.1, 0.15) is 11.3 Å². The van der Waals surface area contributed by atoms with Gasteiger partial charge in [-0.05, 0) is 30.3 Å². The van der Waals surface area contributed by atoms with Crippen molar-refractivity contribution in [2.24, 2.45) is 0 Å². The average Bonchev–Trinajstić information content (AvgIpc) is 2.53. The molecule has 0 aliphatic carbocycles. The summed E-state index contributed by atoms with van der Waals surface area (Å²) in [6, 6.07) is 8.57. The molecule has 0 atom stereocenters. The molecule has 5 nitrogen and oxygen atoms in total. The predicted molar refractivity (Wildman–Crippen MR) is 80.0 cm³/mol. The summed E-state index contributed by atoms with van der Waals surface area (Å²) in [6.07, 6.45) is 1.36. The van der Waals surface area contributed by atoms with Gasteiger partial charge >= 0.3 is 0 Å². The Morgan fingerprint density at radius 2 is 2.00 bits per heavy atom. The third-order valence-corrected chi connectivity index (χ3v) is 3.14. The van der Waals surface area contributed by atoms with Gasteiger partial charge in [-0.15, -0.1) is 4.98 Å². The van der Waals surface area contributed by atoms with Crippen LogP contribution in [0, 0.1) is 12.4 Å². The van der Waals surface area contributed by atoms with Crippen LogP contribution in [0.15, 0.2) is 42.6 Å². The maximum atomic E-state index is 13.9. The van der Waals surface area contributed by atoms with Crippen LogP contribution in [0.4, 0.5) is 15.9 Å². The van der Waals surface area contributed by atoms with E-state index in [0.29, 0.717) is 11.0 Å². The summed E-state index contributed by atoms with van der Waals surface area (Å²) < 4.78 is 13.9. The fraction of sp³-hybridized carbons (Fsp3) is 0. The van der Waals surface area contributed by atoms with Crippen LogP contribution in [0.3, 0.4) is 0 Å². The smallest absolute Gasteiger partial charge is 0.288 e. The molecular formula is C16H9FN4O. The van der Waals surface area contributed by atoms with Crippen molar-refractivity contribution >= 4 is 28.3 Å². The van der Waals surface area contributed by atoms with Gasteiger partial charge in [-0.2, -0.15) is 0 Å². The Kier molecular flexibility index (Phi) is 3.24. The van der Waals surface area contributed by atoms with Gasteiger partial charge in [0, 0.05) is 17.3 Å². The number of benzene rings is 2. The molecule has 1 heterocycles. The van der Waals surface area contributed by atoms with Crippen molar-refractivity contribution in [3.8, 4) is 0 Å². The zero-order valence-electron chi connectivity index (χ0n) is 11.2. The Labute approximate surface area is 125 Å². The number of nitrogens with zero attached hydrogens (tertiary/aromatic N) is 3. The molecule has 6 heteroatoms. The second-order valence-electron chi connectivity index (χ2n) is 4.61. The lowest BCUT2D eigenvalue weighted by Gasteiger charge is -2.04. The van der Waals surface area contributed by atoms with Crippen molar-refractivity contribution in [3.05, 3.63) is 71.0 Å². The van der Waals surface area contributed by atoms with Crippen LogP contribution in [0.2, 0.25) is 0 Å². The molecule has 2 aromatic carbocycles. The molecule has 0 radical (unpaired) electrons. The molecule has 0 unspecified atom stereocenters. The number of fused-ring (bicyclic) bond motifs is 1. The van der Waals surface area contributed by atoms with Crippen LogP contribution >= 0.6 is 0 Å². The Balaban J connectivity index is 2.09. The number of carbonyl (C=O) groups excluding carboxylic acids is 1. The molecule has 0 aliphatic rings. The number of nitrogens with two attached hydrogens (primary N) is 1. The summed E-state index contributed by atoms with van der Waals surface area (Å²) in [5, 5.41) is 0. The van der Waals surface area contributed by atoms with Crippen LogP contribution in [-0.4, -0.2) is 15.8 Å². The highest BCUT2D eigenvalue weighted by Crippen LogP contribution is 2.20. The lowest BCUT2D eigenvalue weighted by atomic mass is 10.0. The molecule has 0 fully saturated rings. The number of rotatable bonds is 2. The summed E-state index contributed by atoms with van der Waals surface area (Å²) in [7, 11) is 0. The maximum Gasteiger partial charge on any atom is 0.288 e. The molecule has 22 heavy (non-hydrogen) atoms. The first-order valence-electron chi connectivity index (χ1n) is 6.32. The highest BCUT2D eigenvalue weighted by Gasteiger charge is 2.16. The topological polar surface area (TPSA) is 73.2 Å². The van der Waals surface area contributed by atoms with Crippen LogP contribution in [0.1, 0.15) is 15.9 Å². The van der Waals surface area contributed by atoms with Crippen LogP contribution in [0.5, 0.6) is 0 Å². The Morgan fingerprint density at radius 3 is 2.73 bits per heavy atom. The number of anilines is 1. The maximum absolute atomic E-state index is 13.9. The molecule has 0 amide bonds. The molecule has 0 spiro atoms. The predicted octanol–water partition coefficient (Wildman–Crippen LogP) is 3.13. The summed E-state index contributed by atoms with van der Waals surface area (Å²) in [5.74, 6) is -1.02. The summed E-state index contributed by atoms with van der Waals surface area (Å²) in [6.45, 7) is 6.93. The molecule has 106 valence electrons. The highest BCUT2D eigenvalue weighted by molar-refractivity contribution is 6.10. The van der Waals surface area contributed by atoms with Gasteiger partial charge in [0.05, 0.1) is 11.8 Å². The molecule has 1 aromatic heterocycles. The minimum absolute atomic E-state index is 0.0668. The minimum Gasteiger partial charge on any atom is -0.399 e. The van der Waals surface area contributed by atoms with Gasteiger partial charge in [0.25, 0.3) is 5.82 Å².